The van der Waals surface area contributed by atoms with E-state index in [1.165, 1.54) is 12.8 Å². The predicted octanol–water partition coefficient (Wildman–Crippen LogP) is 3.85. The van der Waals surface area contributed by atoms with Crippen LogP contribution in [0.1, 0.15) is 36.6 Å². The van der Waals surface area contributed by atoms with Crippen molar-refractivity contribution in [1.29, 1.82) is 0 Å². The molecular formula is C22H27N5O2S. The Bertz CT molecular complexity index is 1030. The second-order valence-corrected chi connectivity index (χ2v) is 8.09. The van der Waals surface area contributed by atoms with Crippen LogP contribution in [0.4, 0.5) is 0 Å². The third-order valence-corrected chi connectivity index (χ3v) is 5.85. The summed E-state index contributed by atoms with van der Waals surface area (Å²) in [4.78, 5) is 15.0. The molecule has 1 fully saturated rings. The highest BCUT2D eigenvalue weighted by Gasteiger charge is 2.25. The standard InChI is InChI=1S/C22H27N5O2S/c1-16-6-4-7-17(14-16)21-24-25-22(30)27(21)12-9-20(28)23-15-18(19-8-5-13-29-19)26-10-2-3-11-26/h4-8,13-14,18H,2-3,9-12,15H2,1H3,(H,23,28)(H,25,30). The molecule has 2 N–H and O–H groups in total. The van der Waals surface area contributed by atoms with Gasteiger partial charge in [0, 0.05) is 25.1 Å². The van der Waals surface area contributed by atoms with Gasteiger partial charge in [-0.3, -0.25) is 19.4 Å². The van der Waals surface area contributed by atoms with Crippen molar-refractivity contribution in [1.82, 2.24) is 25.0 Å². The van der Waals surface area contributed by atoms with Crippen LogP contribution >= 0.6 is 12.2 Å². The number of hydrogen-bond acceptors (Lipinski definition) is 5. The van der Waals surface area contributed by atoms with Gasteiger partial charge in [0.05, 0.1) is 12.3 Å². The topological polar surface area (TPSA) is 79.1 Å². The maximum Gasteiger partial charge on any atom is 0.221 e. The molecule has 0 aliphatic carbocycles. The van der Waals surface area contributed by atoms with Crippen LogP contribution in [0.25, 0.3) is 11.4 Å². The number of nitrogens with one attached hydrogen (secondary N) is 2. The Kier molecular flexibility index (Phi) is 6.44. The quantitative estimate of drug-likeness (QED) is 0.536. The molecule has 3 aromatic rings. The number of hydrogen-bond donors (Lipinski definition) is 2. The monoisotopic (exact) mass is 425 g/mol. The summed E-state index contributed by atoms with van der Waals surface area (Å²) in [6.45, 7) is 5.11. The number of furan rings is 1. The van der Waals surface area contributed by atoms with E-state index < -0.39 is 0 Å². The third-order valence-electron chi connectivity index (χ3n) is 5.54. The van der Waals surface area contributed by atoms with Gasteiger partial charge in [-0.2, -0.15) is 5.10 Å². The maximum absolute atomic E-state index is 12.6. The smallest absolute Gasteiger partial charge is 0.221 e. The summed E-state index contributed by atoms with van der Waals surface area (Å²) in [5.41, 5.74) is 2.13. The summed E-state index contributed by atoms with van der Waals surface area (Å²) in [5, 5.41) is 10.3. The summed E-state index contributed by atoms with van der Waals surface area (Å²) in [7, 11) is 0. The van der Waals surface area contributed by atoms with E-state index in [9.17, 15) is 4.79 Å². The van der Waals surface area contributed by atoms with Crippen molar-refractivity contribution in [3.05, 3.63) is 58.8 Å². The molecule has 1 aliphatic rings. The first-order valence-corrected chi connectivity index (χ1v) is 10.8. The van der Waals surface area contributed by atoms with Crippen LogP contribution < -0.4 is 5.32 Å². The van der Waals surface area contributed by atoms with E-state index in [0.29, 0.717) is 24.3 Å². The number of carbonyl (C=O) groups is 1. The van der Waals surface area contributed by atoms with Gasteiger partial charge < -0.3 is 9.73 Å². The number of nitrogens with zero attached hydrogens (tertiary/aromatic N) is 3. The Morgan fingerprint density at radius 1 is 1.30 bits per heavy atom. The zero-order valence-corrected chi connectivity index (χ0v) is 18.0. The van der Waals surface area contributed by atoms with Crippen molar-refractivity contribution in [2.45, 2.75) is 38.8 Å². The first kappa shape index (κ1) is 20.6. The van der Waals surface area contributed by atoms with Gasteiger partial charge in [-0.25, -0.2) is 0 Å². The molecule has 1 aliphatic heterocycles. The van der Waals surface area contributed by atoms with E-state index >= 15 is 0 Å². The Balaban J connectivity index is 1.38. The van der Waals surface area contributed by atoms with Gasteiger partial charge in [0.1, 0.15) is 5.76 Å². The fourth-order valence-electron chi connectivity index (χ4n) is 3.99. The number of rotatable bonds is 8. The molecule has 3 heterocycles. The third kappa shape index (κ3) is 4.71. The molecule has 30 heavy (non-hydrogen) atoms. The minimum atomic E-state index is -0.0101. The Morgan fingerprint density at radius 3 is 2.87 bits per heavy atom. The van der Waals surface area contributed by atoms with Crippen molar-refractivity contribution in [2.24, 2.45) is 0 Å². The molecule has 4 rings (SSSR count). The number of aryl methyl sites for hydroxylation is 1. The van der Waals surface area contributed by atoms with Gasteiger partial charge in [-0.15, -0.1) is 0 Å². The van der Waals surface area contributed by atoms with Gasteiger partial charge in [0.2, 0.25) is 5.91 Å². The molecule has 0 saturated carbocycles. The molecule has 8 heteroatoms. The number of amides is 1. The highest BCUT2D eigenvalue weighted by Crippen LogP contribution is 2.25. The van der Waals surface area contributed by atoms with E-state index in [0.717, 1.165) is 35.8 Å². The van der Waals surface area contributed by atoms with Gasteiger partial charge in [0.15, 0.2) is 10.6 Å². The SMILES string of the molecule is Cc1cccc(-c2n[nH]c(=S)n2CCC(=O)NCC(c2ccco2)N2CCCC2)c1. The number of benzene rings is 1. The van der Waals surface area contributed by atoms with Gasteiger partial charge in [-0.05, 0) is 63.3 Å². The minimum Gasteiger partial charge on any atom is -0.468 e. The number of H-pyrrole nitrogens is 1. The molecule has 1 amide bonds. The molecular weight excluding hydrogens is 398 g/mol. The number of aromatic amines is 1. The van der Waals surface area contributed by atoms with Gasteiger partial charge in [-0.1, -0.05) is 23.8 Å². The molecule has 1 atom stereocenters. The summed E-state index contributed by atoms with van der Waals surface area (Å²) < 4.78 is 8.03. The molecule has 0 spiro atoms. The van der Waals surface area contributed by atoms with Crippen molar-refractivity contribution >= 4 is 18.1 Å². The van der Waals surface area contributed by atoms with E-state index in [1.807, 2.05) is 41.8 Å². The van der Waals surface area contributed by atoms with Crippen LogP contribution in [-0.2, 0) is 11.3 Å². The second-order valence-electron chi connectivity index (χ2n) is 7.70. The Morgan fingerprint density at radius 2 is 2.13 bits per heavy atom. The molecule has 158 valence electrons. The summed E-state index contributed by atoms with van der Waals surface area (Å²) in [5.74, 6) is 1.64. The van der Waals surface area contributed by atoms with Crippen LogP contribution in [0.2, 0.25) is 0 Å². The lowest BCUT2D eigenvalue weighted by molar-refractivity contribution is -0.121. The molecule has 1 saturated heterocycles. The zero-order chi connectivity index (χ0) is 20.9. The largest absolute Gasteiger partial charge is 0.468 e. The summed E-state index contributed by atoms with van der Waals surface area (Å²) in [6.07, 6.45) is 4.39. The predicted molar refractivity (Wildman–Crippen MR) is 117 cm³/mol. The Labute approximate surface area is 181 Å². The lowest BCUT2D eigenvalue weighted by Gasteiger charge is -2.26. The average molecular weight is 426 g/mol. The minimum absolute atomic E-state index is 0.0101. The average Bonchev–Trinajstić information content (AvgIpc) is 3.50. The number of aromatic nitrogens is 3. The molecule has 2 aromatic heterocycles. The van der Waals surface area contributed by atoms with Crippen molar-refractivity contribution in [3.8, 4) is 11.4 Å². The van der Waals surface area contributed by atoms with E-state index in [4.69, 9.17) is 16.6 Å². The molecule has 7 nitrogen and oxygen atoms in total. The van der Waals surface area contributed by atoms with Crippen molar-refractivity contribution in [3.63, 3.8) is 0 Å². The number of likely N-dealkylation sites (tertiary alicyclic amines) is 1. The highest BCUT2D eigenvalue weighted by molar-refractivity contribution is 7.71. The summed E-state index contributed by atoms with van der Waals surface area (Å²) in [6, 6.07) is 12.0. The van der Waals surface area contributed by atoms with Crippen LogP contribution in [0.3, 0.4) is 0 Å². The van der Waals surface area contributed by atoms with Crippen molar-refractivity contribution < 1.29 is 9.21 Å². The van der Waals surface area contributed by atoms with Crippen LogP contribution in [-0.4, -0.2) is 45.2 Å². The summed E-state index contributed by atoms with van der Waals surface area (Å²) >= 11 is 5.38. The first-order chi connectivity index (χ1) is 14.6. The molecule has 0 bridgehead atoms. The van der Waals surface area contributed by atoms with Crippen molar-refractivity contribution in [2.75, 3.05) is 19.6 Å². The fraction of sp³-hybridized carbons (Fsp3) is 0.409. The van der Waals surface area contributed by atoms with Crippen LogP contribution in [0, 0.1) is 11.7 Å². The number of carbonyl (C=O) groups excluding carboxylic acids is 1. The molecule has 1 aromatic carbocycles. The van der Waals surface area contributed by atoms with Gasteiger partial charge >= 0.3 is 0 Å². The zero-order valence-electron chi connectivity index (χ0n) is 17.1. The lowest BCUT2D eigenvalue weighted by Crippen LogP contribution is -2.36. The highest BCUT2D eigenvalue weighted by atomic mass is 32.1. The first-order valence-electron chi connectivity index (χ1n) is 10.4. The van der Waals surface area contributed by atoms with E-state index in [1.54, 1.807) is 6.26 Å². The van der Waals surface area contributed by atoms with E-state index in [2.05, 4.69) is 26.5 Å². The van der Waals surface area contributed by atoms with E-state index in [-0.39, 0.29) is 11.9 Å². The lowest BCUT2D eigenvalue weighted by atomic mass is 10.1. The van der Waals surface area contributed by atoms with Crippen LogP contribution in [0.15, 0.2) is 47.1 Å². The molecule has 1 unspecified atom stereocenters. The van der Waals surface area contributed by atoms with Gasteiger partial charge in [0.25, 0.3) is 0 Å². The Hall–Kier alpha value is -2.71. The normalized spacial score (nSPS) is 15.4. The second kappa shape index (κ2) is 9.40. The fourth-order valence-corrected chi connectivity index (χ4v) is 4.21. The maximum atomic E-state index is 12.6. The molecule has 0 radical (unpaired) electrons. The van der Waals surface area contributed by atoms with Crippen LogP contribution in [0.5, 0.6) is 0 Å².